The number of nitrogens with two attached hydrogens (primary N) is 1. The van der Waals surface area contributed by atoms with Crippen LogP contribution in [0.2, 0.25) is 0 Å². The van der Waals surface area contributed by atoms with Crippen LogP contribution in [0.4, 0.5) is 11.4 Å². The fourth-order valence-corrected chi connectivity index (χ4v) is 2.53. The minimum absolute atomic E-state index is 0.704. The Hall–Kier alpha value is -1.18. The number of benzene rings is 1. The molecule has 2 N–H and O–H groups in total. The summed E-state index contributed by atoms with van der Waals surface area (Å²) in [5.74, 6) is 0. The van der Waals surface area contributed by atoms with Crippen LogP contribution in [0.1, 0.15) is 37.7 Å². The van der Waals surface area contributed by atoms with Gasteiger partial charge in [-0.2, -0.15) is 0 Å². The van der Waals surface area contributed by atoms with Crippen LogP contribution < -0.4 is 10.6 Å². The largest absolute Gasteiger partial charge is 0.398 e. The lowest BCUT2D eigenvalue weighted by Gasteiger charge is -2.33. The first-order chi connectivity index (χ1) is 7.68. The summed E-state index contributed by atoms with van der Waals surface area (Å²) in [6.07, 6.45) is 6.79. The van der Waals surface area contributed by atoms with Gasteiger partial charge in [-0.25, -0.2) is 0 Å². The highest BCUT2D eigenvalue weighted by molar-refractivity contribution is 5.59. The van der Waals surface area contributed by atoms with Crippen molar-refractivity contribution in [3.63, 3.8) is 0 Å². The van der Waals surface area contributed by atoms with E-state index in [1.54, 1.807) is 0 Å². The lowest BCUT2D eigenvalue weighted by Crippen LogP contribution is -2.33. The van der Waals surface area contributed by atoms with Gasteiger partial charge in [-0.1, -0.05) is 25.3 Å². The summed E-state index contributed by atoms with van der Waals surface area (Å²) in [5, 5.41) is 0. The molecule has 0 amide bonds. The van der Waals surface area contributed by atoms with E-state index in [9.17, 15) is 0 Å². The number of aryl methyl sites for hydroxylation is 1. The van der Waals surface area contributed by atoms with E-state index in [1.807, 2.05) is 0 Å². The fourth-order valence-electron chi connectivity index (χ4n) is 2.53. The van der Waals surface area contributed by atoms with Crippen LogP contribution >= 0.6 is 0 Å². The zero-order valence-electron chi connectivity index (χ0n) is 10.4. The quantitative estimate of drug-likeness (QED) is 0.771. The van der Waals surface area contributed by atoms with Gasteiger partial charge in [0.1, 0.15) is 0 Å². The van der Waals surface area contributed by atoms with Gasteiger partial charge in [-0.15, -0.1) is 0 Å². The van der Waals surface area contributed by atoms with Crippen LogP contribution in [0.15, 0.2) is 18.2 Å². The van der Waals surface area contributed by atoms with Crippen molar-refractivity contribution in [3.05, 3.63) is 23.8 Å². The molecule has 0 bridgehead atoms. The predicted octanol–water partition coefficient (Wildman–Crippen LogP) is 3.35. The van der Waals surface area contributed by atoms with Gasteiger partial charge >= 0.3 is 0 Å². The van der Waals surface area contributed by atoms with Gasteiger partial charge in [0.25, 0.3) is 0 Å². The first-order valence-corrected chi connectivity index (χ1v) is 6.27. The topological polar surface area (TPSA) is 29.3 Å². The van der Waals surface area contributed by atoms with Gasteiger partial charge in [0.15, 0.2) is 0 Å². The Balaban J connectivity index is 2.12. The summed E-state index contributed by atoms with van der Waals surface area (Å²) in [7, 11) is 2.19. The molecular weight excluding hydrogens is 196 g/mol. The first kappa shape index (κ1) is 11.3. The molecule has 0 saturated heterocycles. The molecule has 1 aromatic carbocycles. The summed E-state index contributed by atoms with van der Waals surface area (Å²) in [4.78, 5) is 2.40. The van der Waals surface area contributed by atoms with Gasteiger partial charge in [0, 0.05) is 24.5 Å². The summed E-state index contributed by atoms with van der Waals surface area (Å²) >= 11 is 0. The second-order valence-corrected chi connectivity index (χ2v) is 4.94. The molecule has 2 nitrogen and oxygen atoms in total. The molecule has 0 heterocycles. The van der Waals surface area contributed by atoms with E-state index in [-0.39, 0.29) is 0 Å². The van der Waals surface area contributed by atoms with E-state index in [1.165, 1.54) is 43.4 Å². The molecule has 1 aromatic rings. The van der Waals surface area contributed by atoms with Gasteiger partial charge in [0.05, 0.1) is 0 Å². The van der Waals surface area contributed by atoms with E-state index in [0.717, 1.165) is 5.69 Å². The molecule has 0 atom stereocenters. The molecule has 0 aliphatic heterocycles. The molecule has 88 valence electrons. The van der Waals surface area contributed by atoms with Crippen LogP contribution in [0.5, 0.6) is 0 Å². The minimum atomic E-state index is 0.704. The molecule has 1 aliphatic carbocycles. The van der Waals surface area contributed by atoms with Crippen LogP contribution in [0, 0.1) is 6.92 Å². The van der Waals surface area contributed by atoms with Gasteiger partial charge in [-0.3, -0.25) is 0 Å². The standard InChI is InChI=1S/C14H22N2/c1-11-8-9-13(10-14(11)15)16(2)12-6-4-3-5-7-12/h8-10,12H,3-7,15H2,1-2H3. The normalized spacial score (nSPS) is 17.4. The second-order valence-electron chi connectivity index (χ2n) is 4.94. The molecule has 1 fully saturated rings. The number of hydrogen-bond donors (Lipinski definition) is 1. The fraction of sp³-hybridized carbons (Fsp3) is 0.571. The highest BCUT2D eigenvalue weighted by Gasteiger charge is 2.18. The summed E-state index contributed by atoms with van der Waals surface area (Å²) in [6, 6.07) is 7.10. The molecule has 16 heavy (non-hydrogen) atoms. The highest BCUT2D eigenvalue weighted by atomic mass is 15.1. The lowest BCUT2D eigenvalue weighted by molar-refractivity contribution is 0.427. The van der Waals surface area contributed by atoms with Crippen molar-refractivity contribution in [2.75, 3.05) is 17.7 Å². The number of anilines is 2. The first-order valence-electron chi connectivity index (χ1n) is 6.27. The monoisotopic (exact) mass is 218 g/mol. The second kappa shape index (κ2) is 4.77. The maximum Gasteiger partial charge on any atom is 0.0386 e. The molecule has 0 spiro atoms. The number of rotatable bonds is 2. The molecule has 1 saturated carbocycles. The molecule has 2 rings (SSSR count). The van der Waals surface area contributed by atoms with Crippen molar-refractivity contribution in [1.82, 2.24) is 0 Å². The Bertz CT molecular complexity index is 354. The van der Waals surface area contributed by atoms with E-state index in [0.29, 0.717) is 6.04 Å². The molecule has 0 radical (unpaired) electrons. The van der Waals surface area contributed by atoms with E-state index in [4.69, 9.17) is 5.73 Å². The van der Waals surface area contributed by atoms with Gasteiger partial charge in [-0.05, 0) is 37.5 Å². The Kier molecular flexibility index (Phi) is 3.37. The number of nitrogens with zero attached hydrogens (tertiary/aromatic N) is 1. The Morgan fingerprint density at radius 2 is 1.88 bits per heavy atom. The summed E-state index contributed by atoms with van der Waals surface area (Å²) in [6.45, 7) is 2.06. The molecule has 1 aliphatic rings. The van der Waals surface area contributed by atoms with Gasteiger partial charge < -0.3 is 10.6 Å². The summed E-state index contributed by atoms with van der Waals surface area (Å²) < 4.78 is 0. The summed E-state index contributed by atoms with van der Waals surface area (Å²) in [5.41, 5.74) is 9.29. The third-order valence-corrected chi connectivity index (χ3v) is 3.79. The lowest BCUT2D eigenvalue weighted by atomic mass is 9.94. The van der Waals surface area contributed by atoms with Crippen LogP contribution in [-0.4, -0.2) is 13.1 Å². The van der Waals surface area contributed by atoms with Crippen LogP contribution in [0.3, 0.4) is 0 Å². The van der Waals surface area contributed by atoms with Crippen LogP contribution in [0.25, 0.3) is 0 Å². The van der Waals surface area contributed by atoms with E-state index >= 15 is 0 Å². The smallest absolute Gasteiger partial charge is 0.0386 e. The van der Waals surface area contributed by atoms with Crippen molar-refractivity contribution in [3.8, 4) is 0 Å². The van der Waals surface area contributed by atoms with Crippen molar-refractivity contribution in [2.45, 2.75) is 45.1 Å². The SMILES string of the molecule is Cc1ccc(N(C)C2CCCCC2)cc1N. The molecule has 0 aromatic heterocycles. The predicted molar refractivity (Wildman–Crippen MR) is 70.9 cm³/mol. The molecule has 0 unspecified atom stereocenters. The Morgan fingerprint density at radius 1 is 1.19 bits per heavy atom. The van der Waals surface area contributed by atoms with Crippen molar-refractivity contribution >= 4 is 11.4 Å². The van der Waals surface area contributed by atoms with E-state index < -0.39 is 0 Å². The average Bonchev–Trinajstić information content (AvgIpc) is 2.33. The zero-order chi connectivity index (χ0) is 11.5. The average molecular weight is 218 g/mol. The third-order valence-electron chi connectivity index (χ3n) is 3.79. The number of nitrogen functional groups attached to an aromatic ring is 1. The number of hydrogen-bond acceptors (Lipinski definition) is 2. The Labute approximate surface area is 98.4 Å². The van der Waals surface area contributed by atoms with Crippen molar-refractivity contribution in [2.24, 2.45) is 0 Å². The minimum Gasteiger partial charge on any atom is -0.398 e. The van der Waals surface area contributed by atoms with E-state index in [2.05, 4.69) is 37.1 Å². The molecular formula is C14H22N2. The maximum absolute atomic E-state index is 5.96. The van der Waals surface area contributed by atoms with Crippen molar-refractivity contribution in [1.29, 1.82) is 0 Å². The maximum atomic E-state index is 5.96. The van der Waals surface area contributed by atoms with Crippen molar-refractivity contribution < 1.29 is 0 Å². The third kappa shape index (κ3) is 2.31. The molecule has 2 heteroatoms. The van der Waals surface area contributed by atoms with Crippen LogP contribution in [-0.2, 0) is 0 Å². The zero-order valence-corrected chi connectivity index (χ0v) is 10.4. The Morgan fingerprint density at radius 3 is 2.50 bits per heavy atom. The highest BCUT2D eigenvalue weighted by Crippen LogP contribution is 2.27. The van der Waals surface area contributed by atoms with Gasteiger partial charge in [0.2, 0.25) is 0 Å².